The van der Waals surface area contributed by atoms with Crippen LogP contribution in [0.3, 0.4) is 0 Å². The number of halogens is 3. The van der Waals surface area contributed by atoms with Gasteiger partial charge in [-0.25, -0.2) is 0 Å². The lowest BCUT2D eigenvalue weighted by atomic mass is 10.1. The van der Waals surface area contributed by atoms with Crippen LogP contribution in [-0.4, -0.2) is 41.7 Å². The number of ether oxygens (including phenoxy) is 2. The normalized spacial score (nSPS) is 13.3. The Hall–Kier alpha value is -3.56. The van der Waals surface area contributed by atoms with Gasteiger partial charge in [0.05, 0.1) is 4.92 Å². The maximum atomic E-state index is 13.0. The number of alkyl halides is 3. The summed E-state index contributed by atoms with van der Waals surface area (Å²) in [5.41, 5.74) is 0.581. The highest BCUT2D eigenvalue weighted by atomic mass is 19.4. The van der Waals surface area contributed by atoms with Gasteiger partial charge in [0.15, 0.2) is 11.5 Å². The van der Waals surface area contributed by atoms with Crippen molar-refractivity contribution in [3.8, 4) is 11.5 Å². The molecule has 0 saturated heterocycles. The molecular weight excluding hydrogens is 405 g/mol. The molecule has 0 aromatic heterocycles. The highest BCUT2D eigenvalue weighted by molar-refractivity contribution is 5.91. The number of benzene rings is 2. The lowest BCUT2D eigenvalue weighted by molar-refractivity contribution is -0.384. The first kappa shape index (κ1) is 21.2. The number of nitro groups is 1. The molecule has 30 heavy (non-hydrogen) atoms. The minimum absolute atomic E-state index is 0.187. The number of carbonyl (C=O) groups excluding carboxylic acids is 1. The number of hydrogen-bond acceptors (Lipinski definition) is 5. The number of fused-ring (bicyclic) bond motifs is 1. The van der Waals surface area contributed by atoms with Gasteiger partial charge in [-0.15, -0.1) is 0 Å². The van der Waals surface area contributed by atoms with Crippen molar-refractivity contribution in [1.82, 2.24) is 4.90 Å². The zero-order chi connectivity index (χ0) is 21.7. The summed E-state index contributed by atoms with van der Waals surface area (Å²) < 4.78 is 49.8. The third kappa shape index (κ3) is 5.72. The van der Waals surface area contributed by atoms with Crippen LogP contribution in [0.1, 0.15) is 11.1 Å². The highest BCUT2D eigenvalue weighted by Crippen LogP contribution is 2.31. The van der Waals surface area contributed by atoms with Crippen LogP contribution in [-0.2, 0) is 11.3 Å². The van der Waals surface area contributed by atoms with Gasteiger partial charge in [0.25, 0.3) is 5.69 Å². The SMILES string of the molecule is O=C(C=Cc1cccc([N+](=O)[O-])c1)N(Cc1ccc2c(c1)OCCO2)CC(F)(F)F. The van der Waals surface area contributed by atoms with E-state index in [9.17, 15) is 28.1 Å². The molecule has 1 aliphatic rings. The number of amides is 1. The van der Waals surface area contributed by atoms with Gasteiger partial charge < -0.3 is 14.4 Å². The van der Waals surface area contributed by atoms with E-state index in [1.165, 1.54) is 36.4 Å². The van der Waals surface area contributed by atoms with E-state index in [0.29, 0.717) is 40.7 Å². The van der Waals surface area contributed by atoms with Gasteiger partial charge in [-0.2, -0.15) is 13.2 Å². The first-order chi connectivity index (χ1) is 14.2. The largest absolute Gasteiger partial charge is 0.486 e. The second-order valence-electron chi connectivity index (χ2n) is 6.47. The summed E-state index contributed by atoms with van der Waals surface area (Å²) in [4.78, 5) is 23.3. The second-order valence-corrected chi connectivity index (χ2v) is 6.47. The zero-order valence-electron chi connectivity index (χ0n) is 15.6. The van der Waals surface area contributed by atoms with Crippen LogP contribution in [0.2, 0.25) is 0 Å². The molecule has 0 N–H and O–H groups in total. The van der Waals surface area contributed by atoms with E-state index >= 15 is 0 Å². The summed E-state index contributed by atoms with van der Waals surface area (Å²) >= 11 is 0. The standard InChI is InChI=1S/C20H17F3N2O5/c21-20(22,23)13-24(12-15-4-6-17-18(11-15)30-9-8-29-17)19(26)7-5-14-2-1-3-16(10-14)25(27)28/h1-7,10-11H,8-9,12-13H2. The number of nitro benzene ring substituents is 1. The van der Waals surface area contributed by atoms with Crippen LogP contribution in [0.15, 0.2) is 48.5 Å². The molecule has 1 amide bonds. The van der Waals surface area contributed by atoms with E-state index in [-0.39, 0.29) is 12.2 Å². The summed E-state index contributed by atoms with van der Waals surface area (Å²) in [6.45, 7) is -1.03. The molecule has 1 heterocycles. The van der Waals surface area contributed by atoms with Gasteiger partial charge >= 0.3 is 6.18 Å². The number of nitrogens with zero attached hydrogens (tertiary/aromatic N) is 2. The molecule has 0 saturated carbocycles. The molecular formula is C20H17F3N2O5. The fraction of sp³-hybridized carbons (Fsp3) is 0.250. The summed E-state index contributed by atoms with van der Waals surface area (Å²) in [5, 5.41) is 10.8. The maximum Gasteiger partial charge on any atom is 0.406 e. The molecule has 10 heteroatoms. The van der Waals surface area contributed by atoms with Gasteiger partial charge in [-0.05, 0) is 29.3 Å². The van der Waals surface area contributed by atoms with Crippen molar-refractivity contribution in [1.29, 1.82) is 0 Å². The third-order valence-electron chi connectivity index (χ3n) is 4.16. The smallest absolute Gasteiger partial charge is 0.406 e. The Morgan fingerprint density at radius 2 is 1.87 bits per heavy atom. The molecule has 1 aliphatic heterocycles. The van der Waals surface area contributed by atoms with Crippen LogP contribution in [0.4, 0.5) is 18.9 Å². The van der Waals surface area contributed by atoms with Crippen LogP contribution in [0.25, 0.3) is 6.08 Å². The van der Waals surface area contributed by atoms with Crippen LogP contribution >= 0.6 is 0 Å². The van der Waals surface area contributed by atoms with Crippen molar-refractivity contribution < 1.29 is 32.4 Å². The first-order valence-electron chi connectivity index (χ1n) is 8.88. The van der Waals surface area contributed by atoms with Gasteiger partial charge in [-0.1, -0.05) is 18.2 Å². The lowest BCUT2D eigenvalue weighted by Gasteiger charge is -2.24. The minimum atomic E-state index is -4.59. The van der Waals surface area contributed by atoms with E-state index in [4.69, 9.17) is 9.47 Å². The Kier molecular flexibility index (Phi) is 6.24. The zero-order valence-corrected chi connectivity index (χ0v) is 15.6. The molecule has 0 spiro atoms. The molecule has 0 radical (unpaired) electrons. The monoisotopic (exact) mass is 422 g/mol. The third-order valence-corrected chi connectivity index (χ3v) is 4.16. The summed E-state index contributed by atoms with van der Waals surface area (Å²) in [5.74, 6) is 0.0169. The molecule has 0 fully saturated rings. The Morgan fingerprint density at radius 1 is 1.13 bits per heavy atom. The Balaban J connectivity index is 1.78. The van der Waals surface area contributed by atoms with Crippen molar-refractivity contribution in [3.63, 3.8) is 0 Å². The van der Waals surface area contributed by atoms with Gasteiger partial charge in [-0.3, -0.25) is 14.9 Å². The van der Waals surface area contributed by atoms with Gasteiger partial charge in [0, 0.05) is 24.8 Å². The van der Waals surface area contributed by atoms with Crippen LogP contribution < -0.4 is 9.47 Å². The Labute approximate surface area is 169 Å². The topological polar surface area (TPSA) is 81.9 Å². The Bertz CT molecular complexity index is 975. The van der Waals surface area contributed by atoms with E-state index in [2.05, 4.69) is 0 Å². The summed E-state index contributed by atoms with van der Waals surface area (Å²) in [7, 11) is 0. The molecule has 2 aromatic carbocycles. The molecule has 7 nitrogen and oxygen atoms in total. The Morgan fingerprint density at radius 3 is 2.57 bits per heavy atom. The van der Waals surface area contributed by atoms with E-state index in [1.807, 2.05) is 0 Å². The minimum Gasteiger partial charge on any atom is -0.486 e. The van der Waals surface area contributed by atoms with Crippen LogP contribution in [0, 0.1) is 10.1 Å². The van der Waals surface area contributed by atoms with Crippen molar-refractivity contribution in [2.75, 3.05) is 19.8 Å². The predicted octanol–water partition coefficient (Wildman–Crippen LogP) is 3.97. The lowest BCUT2D eigenvalue weighted by Crippen LogP contribution is -2.37. The number of carbonyl (C=O) groups is 1. The van der Waals surface area contributed by atoms with Crippen molar-refractivity contribution in [3.05, 3.63) is 69.8 Å². The molecule has 158 valence electrons. The van der Waals surface area contributed by atoms with Crippen molar-refractivity contribution in [2.45, 2.75) is 12.7 Å². The van der Waals surface area contributed by atoms with Crippen LogP contribution in [0.5, 0.6) is 11.5 Å². The first-order valence-corrected chi connectivity index (χ1v) is 8.88. The molecule has 0 bridgehead atoms. The molecule has 3 rings (SSSR count). The van der Waals surface area contributed by atoms with Crippen molar-refractivity contribution >= 4 is 17.7 Å². The highest BCUT2D eigenvalue weighted by Gasteiger charge is 2.32. The van der Waals surface area contributed by atoms with Crippen molar-refractivity contribution in [2.24, 2.45) is 0 Å². The number of hydrogen-bond donors (Lipinski definition) is 0. The second kappa shape index (κ2) is 8.85. The predicted molar refractivity (Wildman–Crippen MR) is 101 cm³/mol. The van der Waals surface area contributed by atoms with E-state index in [1.54, 1.807) is 12.1 Å². The molecule has 0 unspecified atom stereocenters. The fourth-order valence-corrected chi connectivity index (χ4v) is 2.85. The van der Waals surface area contributed by atoms with Gasteiger partial charge in [0.2, 0.25) is 5.91 Å². The van der Waals surface area contributed by atoms with Gasteiger partial charge in [0.1, 0.15) is 19.8 Å². The molecule has 2 aromatic rings. The molecule has 0 atom stereocenters. The fourth-order valence-electron chi connectivity index (χ4n) is 2.85. The average Bonchev–Trinajstić information content (AvgIpc) is 2.70. The summed E-state index contributed by atoms with van der Waals surface area (Å²) in [6.07, 6.45) is -2.39. The van der Waals surface area contributed by atoms with E-state index in [0.717, 1.165) is 6.08 Å². The molecule has 0 aliphatic carbocycles. The number of rotatable bonds is 6. The average molecular weight is 422 g/mol. The quantitative estimate of drug-likeness (QED) is 0.400. The summed E-state index contributed by atoms with van der Waals surface area (Å²) in [6, 6.07) is 10.1. The maximum absolute atomic E-state index is 13.0. The number of non-ortho nitro benzene ring substituents is 1. The van der Waals surface area contributed by atoms with E-state index < -0.39 is 23.6 Å².